The molecule has 172 valence electrons. The maximum Gasteiger partial charge on any atom is 0.417 e. The molecule has 1 aliphatic rings. The SMILES string of the molecule is CC(C)(C)OC(=O)NC(=O)OC(C)(C)C.CCBr.CCOC(=O)C1CC1CCBr. The highest BCUT2D eigenvalue weighted by Crippen LogP contribution is 2.42. The van der Waals surface area contributed by atoms with Crippen LogP contribution in [0.2, 0.25) is 0 Å². The molecular weight excluding hydrogens is 510 g/mol. The van der Waals surface area contributed by atoms with Crippen molar-refractivity contribution >= 4 is 50.0 Å². The van der Waals surface area contributed by atoms with Crippen LogP contribution in [0.3, 0.4) is 0 Å². The van der Waals surface area contributed by atoms with Gasteiger partial charge in [0.1, 0.15) is 11.2 Å². The van der Waals surface area contributed by atoms with Gasteiger partial charge in [-0.15, -0.1) is 0 Å². The molecule has 2 atom stereocenters. The number of hydrogen-bond acceptors (Lipinski definition) is 6. The Kier molecular flexibility index (Phi) is 15.8. The summed E-state index contributed by atoms with van der Waals surface area (Å²) in [5.41, 5.74) is -1.27. The van der Waals surface area contributed by atoms with Crippen LogP contribution in [0.1, 0.15) is 68.2 Å². The Bertz CT molecular complexity index is 474. The number of amides is 2. The van der Waals surface area contributed by atoms with E-state index in [1.54, 1.807) is 41.5 Å². The van der Waals surface area contributed by atoms with E-state index in [1.165, 1.54) is 0 Å². The number of hydrogen-bond donors (Lipinski definition) is 1. The molecule has 2 unspecified atom stereocenters. The van der Waals surface area contributed by atoms with Gasteiger partial charge in [0.25, 0.3) is 0 Å². The minimum Gasteiger partial charge on any atom is -0.466 e. The average molecular weight is 547 g/mol. The molecule has 0 heterocycles. The third-order valence-electron chi connectivity index (χ3n) is 2.99. The summed E-state index contributed by atoms with van der Waals surface area (Å²) in [4.78, 5) is 33.3. The molecule has 1 rings (SSSR count). The molecule has 0 aromatic heterocycles. The molecular formula is C20H37Br2NO6. The molecule has 0 spiro atoms. The van der Waals surface area contributed by atoms with E-state index in [2.05, 4.69) is 31.9 Å². The maximum atomic E-state index is 11.1. The van der Waals surface area contributed by atoms with E-state index >= 15 is 0 Å². The molecule has 1 N–H and O–H groups in total. The lowest BCUT2D eigenvalue weighted by Gasteiger charge is -2.21. The fourth-order valence-electron chi connectivity index (χ4n) is 1.94. The second-order valence-electron chi connectivity index (χ2n) is 8.23. The van der Waals surface area contributed by atoms with Crippen molar-refractivity contribution in [2.45, 2.75) is 79.4 Å². The zero-order valence-corrected chi connectivity index (χ0v) is 22.1. The maximum absolute atomic E-state index is 11.1. The number of carbonyl (C=O) groups excluding carboxylic acids is 3. The summed E-state index contributed by atoms with van der Waals surface area (Å²) < 4.78 is 14.6. The van der Waals surface area contributed by atoms with Crippen LogP contribution in [0.4, 0.5) is 9.59 Å². The second-order valence-corrected chi connectivity index (χ2v) is 10.1. The second kappa shape index (κ2) is 15.0. The molecule has 0 aliphatic heterocycles. The molecule has 0 radical (unpaired) electrons. The normalized spacial score (nSPS) is 17.4. The van der Waals surface area contributed by atoms with Gasteiger partial charge >= 0.3 is 18.2 Å². The fraction of sp³-hybridized carbons (Fsp3) is 0.850. The van der Waals surface area contributed by atoms with Crippen molar-refractivity contribution in [1.82, 2.24) is 5.32 Å². The Morgan fingerprint density at radius 3 is 1.66 bits per heavy atom. The van der Waals surface area contributed by atoms with E-state index in [9.17, 15) is 14.4 Å². The third-order valence-corrected chi connectivity index (χ3v) is 3.45. The molecule has 0 aromatic carbocycles. The first kappa shape index (κ1) is 30.4. The van der Waals surface area contributed by atoms with Crippen molar-refractivity contribution in [2.75, 3.05) is 17.3 Å². The Hall–Kier alpha value is -0.830. The Morgan fingerprint density at radius 2 is 1.34 bits per heavy atom. The molecule has 1 saturated carbocycles. The number of alkyl halides is 2. The zero-order chi connectivity index (χ0) is 23.3. The van der Waals surface area contributed by atoms with Gasteiger partial charge < -0.3 is 14.2 Å². The summed E-state index contributed by atoms with van der Waals surface area (Å²) in [7, 11) is 0. The van der Waals surface area contributed by atoms with Gasteiger partial charge in [-0.25, -0.2) is 14.9 Å². The lowest BCUT2D eigenvalue weighted by atomic mass is 10.2. The molecule has 29 heavy (non-hydrogen) atoms. The quantitative estimate of drug-likeness (QED) is 0.271. The van der Waals surface area contributed by atoms with Crippen LogP contribution in [0, 0.1) is 11.8 Å². The van der Waals surface area contributed by atoms with E-state index in [0.717, 1.165) is 23.5 Å². The fourth-order valence-corrected chi connectivity index (χ4v) is 2.52. The van der Waals surface area contributed by atoms with Crippen molar-refractivity contribution in [3.05, 3.63) is 0 Å². The van der Waals surface area contributed by atoms with Crippen LogP contribution < -0.4 is 5.32 Å². The number of imide groups is 1. The van der Waals surface area contributed by atoms with Crippen molar-refractivity contribution in [3.8, 4) is 0 Å². The van der Waals surface area contributed by atoms with Gasteiger partial charge in [0.15, 0.2) is 0 Å². The van der Waals surface area contributed by atoms with Crippen molar-refractivity contribution < 1.29 is 28.6 Å². The zero-order valence-electron chi connectivity index (χ0n) is 18.9. The molecule has 0 bridgehead atoms. The van der Waals surface area contributed by atoms with Gasteiger partial charge in [0, 0.05) is 10.7 Å². The van der Waals surface area contributed by atoms with Gasteiger partial charge in [-0.3, -0.25) is 4.79 Å². The minimum atomic E-state index is -0.809. The van der Waals surface area contributed by atoms with Crippen LogP contribution in [0.15, 0.2) is 0 Å². The Morgan fingerprint density at radius 1 is 0.931 bits per heavy atom. The molecule has 2 amide bonds. The van der Waals surface area contributed by atoms with E-state index in [1.807, 2.05) is 19.2 Å². The van der Waals surface area contributed by atoms with Crippen molar-refractivity contribution in [2.24, 2.45) is 11.8 Å². The number of ether oxygens (including phenoxy) is 3. The van der Waals surface area contributed by atoms with Gasteiger partial charge in [0.05, 0.1) is 12.5 Å². The molecule has 1 aliphatic carbocycles. The predicted molar refractivity (Wildman–Crippen MR) is 122 cm³/mol. The first-order valence-corrected chi connectivity index (χ1v) is 12.0. The highest BCUT2D eigenvalue weighted by molar-refractivity contribution is 9.09. The lowest BCUT2D eigenvalue weighted by Crippen LogP contribution is -2.39. The van der Waals surface area contributed by atoms with E-state index < -0.39 is 23.4 Å². The summed E-state index contributed by atoms with van der Waals surface area (Å²) in [6.45, 7) is 14.7. The standard InChI is InChI=1S/C10H19NO4.C8H13BrO2.C2H5Br/c1-9(2,3)14-7(12)11-8(13)15-10(4,5)6;1-2-11-8(10)7-5-6(7)3-4-9;1-2-3/h1-6H3,(H,11,12,13);6-7H,2-5H2,1H3;2H2,1H3. The summed E-state index contributed by atoms with van der Waals surface area (Å²) in [5.74, 6) is 0.805. The number of esters is 1. The first-order chi connectivity index (χ1) is 13.2. The molecule has 0 saturated heterocycles. The molecule has 0 aromatic rings. The monoisotopic (exact) mass is 545 g/mol. The summed E-state index contributed by atoms with van der Waals surface area (Å²) in [5, 5.41) is 4.03. The number of nitrogens with one attached hydrogen (secondary N) is 1. The largest absolute Gasteiger partial charge is 0.466 e. The Balaban J connectivity index is 0. The van der Waals surface area contributed by atoms with Gasteiger partial charge in [-0.2, -0.15) is 0 Å². The Labute approximate surface area is 192 Å². The van der Waals surface area contributed by atoms with Gasteiger partial charge in [-0.1, -0.05) is 38.8 Å². The number of halogens is 2. The summed E-state index contributed by atoms with van der Waals surface area (Å²) in [6, 6.07) is 0. The van der Waals surface area contributed by atoms with Crippen LogP contribution in [-0.2, 0) is 19.0 Å². The molecule has 9 heteroatoms. The van der Waals surface area contributed by atoms with E-state index in [-0.39, 0.29) is 11.9 Å². The lowest BCUT2D eigenvalue weighted by molar-refractivity contribution is -0.145. The average Bonchev–Trinajstić information content (AvgIpc) is 3.24. The van der Waals surface area contributed by atoms with Gasteiger partial charge in [0.2, 0.25) is 0 Å². The minimum absolute atomic E-state index is 0.00144. The first-order valence-electron chi connectivity index (χ1n) is 9.72. The number of carbonyl (C=O) groups is 3. The van der Waals surface area contributed by atoms with Crippen LogP contribution in [-0.4, -0.2) is 46.6 Å². The summed E-state index contributed by atoms with van der Waals surface area (Å²) in [6.07, 6.45) is 0.516. The van der Waals surface area contributed by atoms with E-state index in [4.69, 9.17) is 14.2 Å². The topological polar surface area (TPSA) is 90.9 Å². The van der Waals surface area contributed by atoms with Crippen LogP contribution in [0.5, 0.6) is 0 Å². The third kappa shape index (κ3) is 20.2. The number of rotatable bonds is 4. The predicted octanol–water partition coefficient (Wildman–Crippen LogP) is 5.82. The van der Waals surface area contributed by atoms with Crippen molar-refractivity contribution in [3.63, 3.8) is 0 Å². The summed E-state index contributed by atoms with van der Waals surface area (Å²) >= 11 is 6.50. The number of alkyl carbamates (subject to hydrolysis) is 2. The van der Waals surface area contributed by atoms with Crippen LogP contribution in [0.25, 0.3) is 0 Å². The highest BCUT2D eigenvalue weighted by Gasteiger charge is 2.43. The molecule has 7 nitrogen and oxygen atoms in total. The van der Waals surface area contributed by atoms with E-state index in [0.29, 0.717) is 12.5 Å². The molecule has 1 fully saturated rings. The van der Waals surface area contributed by atoms with Crippen molar-refractivity contribution in [1.29, 1.82) is 0 Å². The smallest absolute Gasteiger partial charge is 0.417 e. The highest BCUT2D eigenvalue weighted by atomic mass is 79.9. The van der Waals surface area contributed by atoms with Gasteiger partial charge in [-0.05, 0) is 67.2 Å². The van der Waals surface area contributed by atoms with Crippen LogP contribution >= 0.6 is 31.9 Å².